The molecular formula is C17H26N2O2. The van der Waals surface area contributed by atoms with E-state index in [-0.39, 0.29) is 12.2 Å². The Morgan fingerprint density at radius 3 is 2.95 bits per heavy atom. The van der Waals surface area contributed by atoms with Gasteiger partial charge in [-0.25, -0.2) is 0 Å². The predicted octanol–water partition coefficient (Wildman–Crippen LogP) is 1.69. The van der Waals surface area contributed by atoms with E-state index in [9.17, 15) is 5.11 Å². The molecule has 4 heteroatoms. The van der Waals surface area contributed by atoms with Crippen LogP contribution in [0.3, 0.4) is 0 Å². The van der Waals surface area contributed by atoms with Gasteiger partial charge in [0.25, 0.3) is 0 Å². The molecular weight excluding hydrogens is 264 g/mol. The van der Waals surface area contributed by atoms with Crippen LogP contribution in [0.2, 0.25) is 0 Å². The molecule has 1 aromatic carbocycles. The van der Waals surface area contributed by atoms with Crippen LogP contribution in [0.4, 0.5) is 0 Å². The maximum Gasteiger partial charge on any atom is 0.123 e. The van der Waals surface area contributed by atoms with Crippen molar-refractivity contribution in [2.45, 2.75) is 50.8 Å². The molecule has 1 saturated heterocycles. The first-order valence-corrected chi connectivity index (χ1v) is 7.82. The fourth-order valence-corrected chi connectivity index (χ4v) is 3.54. The molecule has 1 aromatic rings. The molecule has 0 bridgehead atoms. The first-order chi connectivity index (χ1) is 9.89. The molecule has 0 amide bonds. The standard InChI is InChI=1S/C17H26N2O2/c1-16(2)9-14-8-13(4-5-15(14)21-16)10-19-7-3-6-17(18,11-19)12-20/h4-5,8,20H,3,6-7,9-12,18H2,1-2H3. The zero-order valence-electron chi connectivity index (χ0n) is 13.1. The van der Waals surface area contributed by atoms with E-state index in [1.54, 1.807) is 0 Å². The summed E-state index contributed by atoms with van der Waals surface area (Å²) in [6.45, 7) is 7.03. The van der Waals surface area contributed by atoms with Crippen molar-refractivity contribution < 1.29 is 9.84 Å². The number of nitrogens with zero attached hydrogens (tertiary/aromatic N) is 1. The molecule has 2 heterocycles. The summed E-state index contributed by atoms with van der Waals surface area (Å²) in [7, 11) is 0. The normalized spacial score (nSPS) is 28.2. The Morgan fingerprint density at radius 1 is 1.38 bits per heavy atom. The van der Waals surface area contributed by atoms with Crippen molar-refractivity contribution in [2.24, 2.45) is 5.73 Å². The van der Waals surface area contributed by atoms with Gasteiger partial charge in [-0.05, 0) is 50.4 Å². The number of nitrogens with two attached hydrogens (primary N) is 1. The van der Waals surface area contributed by atoms with Gasteiger partial charge in [-0.1, -0.05) is 12.1 Å². The molecule has 3 N–H and O–H groups in total. The smallest absolute Gasteiger partial charge is 0.123 e. The van der Waals surface area contributed by atoms with E-state index in [1.165, 1.54) is 11.1 Å². The highest BCUT2D eigenvalue weighted by Crippen LogP contribution is 2.35. The van der Waals surface area contributed by atoms with Gasteiger partial charge < -0.3 is 15.6 Å². The fourth-order valence-electron chi connectivity index (χ4n) is 3.54. The van der Waals surface area contributed by atoms with Gasteiger partial charge in [-0.2, -0.15) is 0 Å². The molecule has 4 nitrogen and oxygen atoms in total. The molecule has 3 rings (SSSR count). The van der Waals surface area contributed by atoms with Crippen LogP contribution in [0, 0.1) is 0 Å². The maximum absolute atomic E-state index is 9.45. The van der Waals surface area contributed by atoms with Crippen molar-refractivity contribution in [1.82, 2.24) is 4.90 Å². The number of rotatable bonds is 3. The maximum atomic E-state index is 9.45. The Bertz CT molecular complexity index is 530. The summed E-state index contributed by atoms with van der Waals surface area (Å²) in [6.07, 6.45) is 2.93. The van der Waals surface area contributed by atoms with Crippen molar-refractivity contribution in [2.75, 3.05) is 19.7 Å². The van der Waals surface area contributed by atoms with Gasteiger partial charge in [-0.15, -0.1) is 0 Å². The number of aliphatic hydroxyl groups excluding tert-OH is 1. The lowest BCUT2D eigenvalue weighted by Gasteiger charge is -2.39. The van der Waals surface area contributed by atoms with Crippen LogP contribution in [0.25, 0.3) is 0 Å². The minimum Gasteiger partial charge on any atom is -0.487 e. The van der Waals surface area contributed by atoms with Crippen molar-refractivity contribution in [1.29, 1.82) is 0 Å². The van der Waals surface area contributed by atoms with Crippen molar-refractivity contribution >= 4 is 0 Å². The van der Waals surface area contributed by atoms with Gasteiger partial charge in [0.05, 0.1) is 12.1 Å². The summed E-state index contributed by atoms with van der Waals surface area (Å²) in [4.78, 5) is 2.35. The molecule has 0 saturated carbocycles. The number of piperidine rings is 1. The molecule has 1 fully saturated rings. The van der Waals surface area contributed by atoms with Crippen molar-refractivity contribution in [3.63, 3.8) is 0 Å². The molecule has 0 aliphatic carbocycles. The number of benzene rings is 1. The Kier molecular flexibility index (Phi) is 3.72. The number of ether oxygens (including phenoxy) is 1. The van der Waals surface area contributed by atoms with Gasteiger partial charge in [0, 0.05) is 19.5 Å². The van der Waals surface area contributed by atoms with E-state index in [0.29, 0.717) is 0 Å². The third kappa shape index (κ3) is 3.23. The number of aliphatic hydroxyl groups is 1. The van der Waals surface area contributed by atoms with Crippen LogP contribution in [0.15, 0.2) is 18.2 Å². The number of hydrogen-bond acceptors (Lipinski definition) is 4. The Morgan fingerprint density at radius 2 is 2.19 bits per heavy atom. The van der Waals surface area contributed by atoms with Crippen molar-refractivity contribution in [3.05, 3.63) is 29.3 Å². The highest BCUT2D eigenvalue weighted by atomic mass is 16.5. The second-order valence-electron chi connectivity index (χ2n) is 7.32. The molecule has 21 heavy (non-hydrogen) atoms. The lowest BCUT2D eigenvalue weighted by Crippen LogP contribution is -2.56. The van der Waals surface area contributed by atoms with E-state index in [4.69, 9.17) is 10.5 Å². The summed E-state index contributed by atoms with van der Waals surface area (Å²) in [5.74, 6) is 1.02. The van der Waals surface area contributed by atoms with Crippen LogP contribution in [0.5, 0.6) is 5.75 Å². The summed E-state index contributed by atoms with van der Waals surface area (Å²) in [6, 6.07) is 6.49. The van der Waals surface area contributed by atoms with Crippen LogP contribution in [-0.2, 0) is 13.0 Å². The lowest BCUT2D eigenvalue weighted by molar-refractivity contribution is 0.0901. The highest BCUT2D eigenvalue weighted by Gasteiger charge is 2.32. The Labute approximate surface area is 126 Å². The van der Waals surface area contributed by atoms with E-state index in [2.05, 4.69) is 36.9 Å². The topological polar surface area (TPSA) is 58.7 Å². The monoisotopic (exact) mass is 290 g/mol. The molecule has 0 aromatic heterocycles. The third-order valence-electron chi connectivity index (χ3n) is 4.54. The zero-order chi connectivity index (χ0) is 15.1. The van der Waals surface area contributed by atoms with E-state index in [0.717, 1.165) is 44.6 Å². The lowest BCUT2D eigenvalue weighted by atomic mass is 9.90. The minimum atomic E-state index is -0.430. The molecule has 2 aliphatic rings. The summed E-state index contributed by atoms with van der Waals surface area (Å²) < 4.78 is 5.92. The van der Waals surface area contributed by atoms with Gasteiger partial charge in [-0.3, -0.25) is 4.90 Å². The van der Waals surface area contributed by atoms with Gasteiger partial charge >= 0.3 is 0 Å². The van der Waals surface area contributed by atoms with Gasteiger partial charge in [0.1, 0.15) is 11.4 Å². The summed E-state index contributed by atoms with van der Waals surface area (Å²) in [5, 5.41) is 9.45. The molecule has 2 aliphatic heterocycles. The average Bonchev–Trinajstić information content (AvgIpc) is 2.72. The van der Waals surface area contributed by atoms with Gasteiger partial charge in [0.2, 0.25) is 0 Å². The molecule has 0 radical (unpaired) electrons. The number of hydrogen-bond donors (Lipinski definition) is 2. The SMILES string of the molecule is CC1(C)Cc2cc(CN3CCCC(N)(CO)C3)ccc2O1. The molecule has 1 atom stereocenters. The molecule has 1 unspecified atom stereocenters. The van der Waals surface area contributed by atoms with Crippen LogP contribution in [-0.4, -0.2) is 40.8 Å². The quantitative estimate of drug-likeness (QED) is 0.889. The summed E-state index contributed by atoms with van der Waals surface area (Å²) >= 11 is 0. The Balaban J connectivity index is 1.69. The minimum absolute atomic E-state index is 0.0652. The second-order valence-corrected chi connectivity index (χ2v) is 7.32. The van der Waals surface area contributed by atoms with E-state index < -0.39 is 5.54 Å². The predicted molar refractivity (Wildman–Crippen MR) is 83.4 cm³/mol. The Hall–Kier alpha value is -1.10. The molecule has 0 spiro atoms. The van der Waals surface area contributed by atoms with Crippen LogP contribution >= 0.6 is 0 Å². The third-order valence-corrected chi connectivity index (χ3v) is 4.54. The second kappa shape index (κ2) is 5.27. The largest absolute Gasteiger partial charge is 0.487 e. The van der Waals surface area contributed by atoms with E-state index >= 15 is 0 Å². The average molecular weight is 290 g/mol. The molecule has 116 valence electrons. The number of likely N-dealkylation sites (tertiary alicyclic amines) is 1. The first-order valence-electron chi connectivity index (χ1n) is 7.82. The van der Waals surface area contributed by atoms with Crippen LogP contribution < -0.4 is 10.5 Å². The van der Waals surface area contributed by atoms with Gasteiger partial charge in [0.15, 0.2) is 0 Å². The van der Waals surface area contributed by atoms with E-state index in [1.807, 2.05) is 0 Å². The van der Waals surface area contributed by atoms with Crippen molar-refractivity contribution in [3.8, 4) is 5.75 Å². The summed E-state index contributed by atoms with van der Waals surface area (Å²) in [5.41, 5.74) is 8.30. The highest BCUT2D eigenvalue weighted by molar-refractivity contribution is 5.41. The first kappa shape index (κ1) is 14.8. The fraction of sp³-hybridized carbons (Fsp3) is 0.647. The van der Waals surface area contributed by atoms with Crippen LogP contribution in [0.1, 0.15) is 37.8 Å². The zero-order valence-corrected chi connectivity index (χ0v) is 13.1. The number of fused-ring (bicyclic) bond motifs is 1.